The number of hydrogen-bond donors (Lipinski definition) is 8. The summed E-state index contributed by atoms with van der Waals surface area (Å²) in [6, 6.07) is 0. The minimum Gasteiger partial charge on any atom is -0.481 e. The van der Waals surface area contributed by atoms with Gasteiger partial charge in [-0.2, -0.15) is 0 Å². The molecule has 7 aliphatic rings. The summed E-state index contributed by atoms with van der Waals surface area (Å²) in [7, 11) is 0. The van der Waals surface area contributed by atoms with E-state index in [1.165, 1.54) is 0 Å². The number of esters is 1. The van der Waals surface area contributed by atoms with E-state index in [4.69, 9.17) is 18.9 Å². The molecule has 20 atom stereocenters. The van der Waals surface area contributed by atoms with Crippen LogP contribution >= 0.6 is 0 Å². The molecule has 14 heteroatoms. The van der Waals surface area contributed by atoms with E-state index in [0.717, 1.165) is 18.4 Å². The quantitative estimate of drug-likeness (QED) is 0.110. The van der Waals surface area contributed by atoms with E-state index in [2.05, 4.69) is 47.6 Å². The van der Waals surface area contributed by atoms with Gasteiger partial charge in [-0.1, -0.05) is 54.5 Å². The van der Waals surface area contributed by atoms with Crippen LogP contribution in [0.1, 0.15) is 113 Å². The number of fused-ring (bicyclic) bond motifs is 7. The highest BCUT2D eigenvalue weighted by molar-refractivity contribution is 5.86. The highest BCUT2D eigenvalue weighted by Crippen LogP contribution is 2.79. The van der Waals surface area contributed by atoms with Crippen LogP contribution in [0.4, 0.5) is 0 Å². The van der Waals surface area contributed by atoms with Crippen LogP contribution in [0.25, 0.3) is 0 Å². The lowest BCUT2D eigenvalue weighted by Crippen LogP contribution is -2.70. The predicted molar refractivity (Wildman–Crippen MR) is 203 cm³/mol. The van der Waals surface area contributed by atoms with Crippen LogP contribution in [0.2, 0.25) is 0 Å². The van der Waals surface area contributed by atoms with Crippen LogP contribution in [0, 0.1) is 56.2 Å². The summed E-state index contributed by atoms with van der Waals surface area (Å²) in [6.45, 7) is 16.1. The van der Waals surface area contributed by atoms with Crippen LogP contribution in [0.3, 0.4) is 0 Å². The average molecular weight is 809 g/mol. The molecule has 7 rings (SSSR count). The minimum absolute atomic E-state index is 0.0224. The van der Waals surface area contributed by atoms with Gasteiger partial charge in [-0.05, 0) is 110 Å². The fraction of sp³-hybridized carbons (Fsp3) is 0.907. The largest absolute Gasteiger partial charge is 0.481 e. The van der Waals surface area contributed by atoms with Crippen LogP contribution in [-0.4, -0.2) is 127 Å². The molecule has 8 N–H and O–H groups in total. The van der Waals surface area contributed by atoms with E-state index in [-0.39, 0.29) is 48.0 Å². The summed E-state index contributed by atoms with van der Waals surface area (Å²) in [5.74, 6) is -1.40. The molecule has 0 aromatic heterocycles. The Balaban J connectivity index is 1.23. The van der Waals surface area contributed by atoms with Crippen molar-refractivity contribution in [1.82, 2.24) is 0 Å². The Labute approximate surface area is 335 Å². The molecule has 14 nitrogen and oxygen atoms in total. The molecule has 5 aliphatic carbocycles. The Kier molecular flexibility index (Phi) is 11.0. The second-order valence-electron chi connectivity index (χ2n) is 20.5. The second-order valence-corrected chi connectivity index (χ2v) is 20.5. The average Bonchev–Trinajstić information content (AvgIpc) is 3.15. The molecule has 0 amide bonds. The third kappa shape index (κ3) is 5.78. The molecule has 0 bridgehead atoms. The molecule has 0 aromatic rings. The summed E-state index contributed by atoms with van der Waals surface area (Å²) in [4.78, 5) is 29.2. The first-order valence-corrected chi connectivity index (χ1v) is 21.3. The second kappa shape index (κ2) is 14.4. The zero-order valence-corrected chi connectivity index (χ0v) is 34.8. The van der Waals surface area contributed by atoms with Gasteiger partial charge in [0, 0.05) is 5.41 Å². The van der Waals surface area contributed by atoms with Gasteiger partial charge in [-0.25, -0.2) is 0 Å². The van der Waals surface area contributed by atoms with Gasteiger partial charge in [0.05, 0.1) is 29.6 Å². The molecule has 4 saturated carbocycles. The van der Waals surface area contributed by atoms with Crippen LogP contribution in [0.15, 0.2) is 11.6 Å². The van der Waals surface area contributed by atoms with Gasteiger partial charge < -0.3 is 59.8 Å². The number of rotatable bonds is 6. The minimum atomic E-state index is -1.76. The lowest BCUT2D eigenvalue weighted by molar-refractivity contribution is -0.324. The van der Waals surface area contributed by atoms with Crippen molar-refractivity contribution in [3.05, 3.63) is 11.6 Å². The molecular formula is C43H68O14. The van der Waals surface area contributed by atoms with Crippen LogP contribution < -0.4 is 0 Å². The predicted octanol–water partition coefficient (Wildman–Crippen LogP) is 2.65. The van der Waals surface area contributed by atoms with Gasteiger partial charge in [-0.3, -0.25) is 9.59 Å². The van der Waals surface area contributed by atoms with Crippen LogP contribution in [0.5, 0.6) is 0 Å². The lowest BCUT2D eigenvalue weighted by Gasteiger charge is -2.72. The maximum absolute atomic E-state index is 14.8. The van der Waals surface area contributed by atoms with Crippen molar-refractivity contribution in [3.63, 3.8) is 0 Å². The van der Waals surface area contributed by atoms with E-state index >= 15 is 0 Å². The first kappa shape index (κ1) is 43.4. The summed E-state index contributed by atoms with van der Waals surface area (Å²) in [5.41, 5.74) is -4.05. The molecule has 324 valence electrons. The number of carbonyl (C=O) groups is 2. The zero-order valence-electron chi connectivity index (χ0n) is 34.8. The highest BCUT2D eigenvalue weighted by Gasteiger charge is 2.76. The highest BCUT2D eigenvalue weighted by atomic mass is 16.7. The molecule has 0 spiro atoms. The Bertz CT molecular complexity index is 1600. The number of carboxylic acid groups (broad SMARTS) is 1. The van der Waals surface area contributed by atoms with Crippen molar-refractivity contribution in [2.45, 2.75) is 181 Å². The fourth-order valence-electron chi connectivity index (χ4n) is 14.4. The summed E-state index contributed by atoms with van der Waals surface area (Å²) in [5, 5.41) is 84.9. The molecule has 0 unspecified atom stereocenters. The number of allylic oxidation sites excluding steroid dienone is 1. The lowest BCUT2D eigenvalue weighted by atomic mass is 9.30. The van der Waals surface area contributed by atoms with E-state index in [1.54, 1.807) is 6.92 Å². The molecule has 0 radical (unpaired) electrons. The van der Waals surface area contributed by atoms with E-state index in [1.807, 2.05) is 6.92 Å². The molecule has 0 aromatic carbocycles. The number of aliphatic hydroxyl groups is 7. The van der Waals surface area contributed by atoms with Gasteiger partial charge in [-0.15, -0.1) is 0 Å². The van der Waals surface area contributed by atoms with E-state index in [9.17, 15) is 50.4 Å². The summed E-state index contributed by atoms with van der Waals surface area (Å²) >= 11 is 0. The Hall–Kier alpha value is -1.72. The Morgan fingerprint density at radius 3 is 2.05 bits per heavy atom. The fourth-order valence-corrected chi connectivity index (χ4v) is 14.4. The molecular weight excluding hydrogens is 740 g/mol. The van der Waals surface area contributed by atoms with Gasteiger partial charge >= 0.3 is 11.9 Å². The topological polar surface area (TPSA) is 233 Å². The monoisotopic (exact) mass is 808 g/mol. The van der Waals surface area contributed by atoms with Crippen molar-refractivity contribution >= 4 is 11.9 Å². The maximum atomic E-state index is 14.8. The van der Waals surface area contributed by atoms with Crippen molar-refractivity contribution in [1.29, 1.82) is 0 Å². The number of ether oxygens (including phenoxy) is 4. The number of carboxylic acids is 1. The van der Waals surface area contributed by atoms with Crippen molar-refractivity contribution in [2.75, 3.05) is 6.61 Å². The first-order valence-electron chi connectivity index (χ1n) is 21.3. The molecule has 6 fully saturated rings. The summed E-state index contributed by atoms with van der Waals surface area (Å²) in [6.07, 6.45) is -7.09. The van der Waals surface area contributed by atoms with Gasteiger partial charge in [0.15, 0.2) is 6.29 Å². The number of aliphatic carboxylic acids is 1. The van der Waals surface area contributed by atoms with Crippen LogP contribution in [-0.2, 0) is 28.5 Å². The van der Waals surface area contributed by atoms with Crippen molar-refractivity contribution in [3.8, 4) is 0 Å². The van der Waals surface area contributed by atoms with Crippen molar-refractivity contribution < 1.29 is 69.4 Å². The SMILES string of the molecule is C[C@@H]1CC[C@]2(C(=O)O[C@@H]3O[C@H](CO)[C@@H](O)[C@H](O)[C@H]3O)CC[C@]3(C(=O)O)C(=CC[C@@H]4[C@@]5(C)CC[C@H](O[C@@H]6O[C@H](C)[C@@H](O)[C@H](O)[C@H]6O)C(C)(C)[C@@H]5CC[C@]43C)[C@]2(C)[C@H]1C. The number of carbonyl (C=O) groups excluding carboxylic acids is 1. The van der Waals surface area contributed by atoms with Gasteiger partial charge in [0.25, 0.3) is 0 Å². The smallest absolute Gasteiger partial charge is 0.315 e. The third-order valence-corrected chi connectivity index (χ3v) is 18.2. The molecule has 2 saturated heterocycles. The number of hydrogen-bond acceptors (Lipinski definition) is 13. The van der Waals surface area contributed by atoms with Gasteiger partial charge in [0.2, 0.25) is 6.29 Å². The van der Waals surface area contributed by atoms with E-state index in [0.29, 0.717) is 32.1 Å². The number of aliphatic hydroxyl groups excluding tert-OH is 7. The van der Waals surface area contributed by atoms with Crippen molar-refractivity contribution in [2.24, 2.45) is 56.2 Å². The molecule has 2 aliphatic heterocycles. The third-order valence-electron chi connectivity index (χ3n) is 18.2. The van der Waals surface area contributed by atoms with E-state index < -0.39 is 107 Å². The van der Waals surface area contributed by atoms with Gasteiger partial charge in [0.1, 0.15) is 42.7 Å². The standard InChI is InChI=1S/C43H68O14/c1-20-11-16-42(37(53)57-35-33(50)31(48)29(46)23(19-44)55-35)17-18-43(36(51)52)26(41(42,8)21(20)2)10-9-25-39(6)14-13-27(38(4,5)24(39)12-15-40(25,43)7)56-34-32(49)30(47)28(45)22(3)54-34/h10,20-25,27-35,44-50H,9,11-19H2,1-8H3,(H,51,52)/t20-,21+,22-,23-,24+,25-,27+,28-,29-,30+,31+,32-,33-,34+,35+,39+,40-,41+,42-,43-/m1/s1. The first-order chi connectivity index (χ1) is 26.5. The zero-order chi connectivity index (χ0) is 42.0. The summed E-state index contributed by atoms with van der Waals surface area (Å²) < 4.78 is 24.0. The Morgan fingerprint density at radius 2 is 1.40 bits per heavy atom. The molecule has 57 heavy (non-hydrogen) atoms. The Morgan fingerprint density at radius 1 is 0.754 bits per heavy atom. The molecule has 2 heterocycles. The maximum Gasteiger partial charge on any atom is 0.315 e. The normalized spacial score (nSPS) is 54.6.